The molecule has 0 spiro atoms. The highest BCUT2D eigenvalue weighted by Crippen LogP contribution is 2.37. The number of hydrogen-bond acceptors (Lipinski definition) is 3. The topological polar surface area (TPSA) is 71.3 Å². The molecule has 2 N–H and O–H groups in total. The Morgan fingerprint density at radius 1 is 1.47 bits per heavy atom. The number of aromatic nitrogens is 1. The van der Waals surface area contributed by atoms with E-state index in [1.165, 1.54) is 0 Å². The Labute approximate surface area is 114 Å². The Morgan fingerprint density at radius 2 is 2.11 bits per heavy atom. The van der Waals surface area contributed by atoms with Crippen LogP contribution in [0.2, 0.25) is 0 Å². The summed E-state index contributed by atoms with van der Waals surface area (Å²) in [5.74, 6) is 0. The van der Waals surface area contributed by atoms with Gasteiger partial charge in [-0.05, 0) is 39.2 Å². The maximum Gasteiger partial charge on any atom is 0.242 e. The van der Waals surface area contributed by atoms with Gasteiger partial charge in [-0.2, -0.15) is 0 Å². The van der Waals surface area contributed by atoms with Crippen molar-refractivity contribution in [3.05, 3.63) is 18.0 Å². The molecule has 19 heavy (non-hydrogen) atoms. The van der Waals surface area contributed by atoms with Crippen molar-refractivity contribution in [2.75, 3.05) is 0 Å². The van der Waals surface area contributed by atoms with E-state index in [1.54, 1.807) is 12.3 Å². The number of rotatable bonds is 6. The van der Waals surface area contributed by atoms with E-state index in [9.17, 15) is 13.5 Å². The first-order valence-electron chi connectivity index (χ1n) is 6.64. The van der Waals surface area contributed by atoms with Gasteiger partial charge in [0.2, 0.25) is 10.0 Å². The first-order chi connectivity index (χ1) is 8.79. The number of sulfonamides is 1. The minimum atomic E-state index is -3.53. The summed E-state index contributed by atoms with van der Waals surface area (Å²) in [5, 5.41) is 9.32. The molecule has 1 heterocycles. The summed E-state index contributed by atoms with van der Waals surface area (Å²) in [6.45, 7) is 5.52. The van der Waals surface area contributed by atoms with Crippen LogP contribution in [0, 0.1) is 0 Å². The Morgan fingerprint density at radius 3 is 2.58 bits per heavy atom. The number of aliphatic hydroxyl groups excluding tert-OH is 1. The van der Waals surface area contributed by atoms with E-state index in [0.717, 1.165) is 12.8 Å². The molecule has 108 valence electrons. The lowest BCUT2D eigenvalue weighted by molar-refractivity contribution is 0.270. The molecule has 6 heteroatoms. The molecule has 2 rings (SSSR count). The Hall–Kier alpha value is -0.850. The second-order valence-corrected chi connectivity index (χ2v) is 7.49. The van der Waals surface area contributed by atoms with Gasteiger partial charge in [0.15, 0.2) is 0 Å². The summed E-state index contributed by atoms with van der Waals surface area (Å²) < 4.78 is 29.2. The van der Waals surface area contributed by atoms with E-state index in [4.69, 9.17) is 0 Å². The third kappa shape index (κ3) is 3.19. The normalized spacial score (nSPS) is 16.8. The van der Waals surface area contributed by atoms with Gasteiger partial charge in [0, 0.05) is 23.5 Å². The fourth-order valence-corrected chi connectivity index (χ4v) is 3.49. The molecule has 1 fully saturated rings. The minimum Gasteiger partial charge on any atom is -0.390 e. The van der Waals surface area contributed by atoms with E-state index in [2.05, 4.69) is 4.72 Å². The number of nitrogens with zero attached hydrogens (tertiary/aromatic N) is 1. The van der Waals surface area contributed by atoms with Gasteiger partial charge in [-0.25, -0.2) is 13.1 Å². The highest BCUT2D eigenvalue weighted by Gasteiger charge is 2.30. The molecule has 0 bridgehead atoms. The summed E-state index contributed by atoms with van der Waals surface area (Å²) >= 11 is 0. The zero-order chi connectivity index (χ0) is 14.3. The van der Waals surface area contributed by atoms with Crippen molar-refractivity contribution in [1.29, 1.82) is 0 Å². The second-order valence-electron chi connectivity index (χ2n) is 5.81. The van der Waals surface area contributed by atoms with Crippen molar-refractivity contribution in [2.45, 2.75) is 63.1 Å². The first-order valence-corrected chi connectivity index (χ1v) is 8.13. The van der Waals surface area contributed by atoms with Crippen molar-refractivity contribution in [3.8, 4) is 0 Å². The van der Waals surface area contributed by atoms with Crippen LogP contribution in [0.5, 0.6) is 0 Å². The van der Waals surface area contributed by atoms with E-state index in [0.29, 0.717) is 18.2 Å². The smallest absolute Gasteiger partial charge is 0.242 e. The van der Waals surface area contributed by atoms with Gasteiger partial charge in [-0.3, -0.25) is 0 Å². The van der Waals surface area contributed by atoms with Gasteiger partial charge in [-0.15, -0.1) is 0 Å². The minimum absolute atomic E-state index is 0.136. The summed E-state index contributed by atoms with van der Waals surface area (Å²) in [4.78, 5) is 0.241. The van der Waals surface area contributed by atoms with Crippen LogP contribution in [0.25, 0.3) is 0 Å². The Kier molecular flexibility index (Phi) is 3.77. The highest BCUT2D eigenvalue weighted by molar-refractivity contribution is 7.89. The van der Waals surface area contributed by atoms with Gasteiger partial charge in [0.1, 0.15) is 4.90 Å². The lowest BCUT2D eigenvalue weighted by Crippen LogP contribution is -2.42. The monoisotopic (exact) mass is 286 g/mol. The van der Waals surface area contributed by atoms with Crippen LogP contribution >= 0.6 is 0 Å². The zero-order valence-electron chi connectivity index (χ0n) is 11.7. The van der Waals surface area contributed by atoms with Crippen LogP contribution < -0.4 is 4.72 Å². The van der Waals surface area contributed by atoms with Crippen LogP contribution in [0.15, 0.2) is 17.2 Å². The average molecular weight is 286 g/mol. The van der Waals surface area contributed by atoms with Crippen LogP contribution in [0.1, 0.15) is 51.8 Å². The molecular weight excluding hydrogens is 264 g/mol. The standard InChI is InChI=1S/C13H22N2O3S/c1-4-13(2,3)14-19(17,18)12-7-11(9-16)15(8-12)10-5-6-10/h7-8,10,14,16H,4-6,9H2,1-3H3. The third-order valence-electron chi connectivity index (χ3n) is 3.61. The van der Waals surface area contributed by atoms with Crippen molar-refractivity contribution in [2.24, 2.45) is 0 Å². The van der Waals surface area contributed by atoms with E-state index in [1.807, 2.05) is 25.3 Å². The third-order valence-corrected chi connectivity index (χ3v) is 5.28. The summed E-state index contributed by atoms with van der Waals surface area (Å²) in [6, 6.07) is 1.91. The van der Waals surface area contributed by atoms with Crippen LogP contribution in [-0.4, -0.2) is 23.6 Å². The summed E-state index contributed by atoms with van der Waals surface area (Å²) in [7, 11) is -3.53. The van der Waals surface area contributed by atoms with Crippen molar-refractivity contribution in [3.63, 3.8) is 0 Å². The second kappa shape index (κ2) is 4.92. The molecule has 1 saturated carbocycles. The van der Waals surface area contributed by atoms with E-state index >= 15 is 0 Å². The molecule has 5 nitrogen and oxygen atoms in total. The van der Waals surface area contributed by atoms with Gasteiger partial charge >= 0.3 is 0 Å². The van der Waals surface area contributed by atoms with Gasteiger partial charge in [-0.1, -0.05) is 6.92 Å². The van der Waals surface area contributed by atoms with Gasteiger partial charge < -0.3 is 9.67 Å². The average Bonchev–Trinajstić information content (AvgIpc) is 3.06. The van der Waals surface area contributed by atoms with Crippen molar-refractivity contribution < 1.29 is 13.5 Å². The van der Waals surface area contributed by atoms with E-state index < -0.39 is 15.6 Å². The number of nitrogens with one attached hydrogen (secondary N) is 1. The molecule has 0 radical (unpaired) electrons. The molecule has 0 amide bonds. The molecule has 0 unspecified atom stereocenters. The largest absolute Gasteiger partial charge is 0.390 e. The Bertz CT molecular complexity index is 556. The first kappa shape index (κ1) is 14.6. The number of hydrogen-bond donors (Lipinski definition) is 2. The molecule has 0 saturated heterocycles. The predicted octanol–water partition coefficient (Wildman–Crippen LogP) is 1.78. The SMILES string of the molecule is CCC(C)(C)NS(=O)(=O)c1cc(CO)n(C2CC2)c1. The van der Waals surface area contributed by atoms with Crippen LogP contribution in [0.4, 0.5) is 0 Å². The van der Waals surface area contributed by atoms with Gasteiger partial charge in [0.05, 0.1) is 6.61 Å². The molecule has 0 atom stereocenters. The van der Waals surface area contributed by atoms with Crippen LogP contribution in [-0.2, 0) is 16.6 Å². The molecule has 1 aliphatic carbocycles. The molecule has 1 aliphatic rings. The molecule has 0 aliphatic heterocycles. The van der Waals surface area contributed by atoms with Crippen molar-refractivity contribution >= 4 is 10.0 Å². The van der Waals surface area contributed by atoms with Crippen LogP contribution in [0.3, 0.4) is 0 Å². The Balaban J connectivity index is 2.30. The van der Waals surface area contributed by atoms with E-state index in [-0.39, 0.29) is 11.5 Å². The molecule has 1 aromatic heterocycles. The lowest BCUT2D eigenvalue weighted by atomic mass is 10.0. The fraction of sp³-hybridized carbons (Fsp3) is 0.692. The van der Waals surface area contributed by atoms with Crippen molar-refractivity contribution in [1.82, 2.24) is 9.29 Å². The molecule has 0 aromatic carbocycles. The highest BCUT2D eigenvalue weighted by atomic mass is 32.2. The predicted molar refractivity (Wildman–Crippen MR) is 73.3 cm³/mol. The van der Waals surface area contributed by atoms with Gasteiger partial charge in [0.25, 0.3) is 0 Å². The number of aliphatic hydroxyl groups is 1. The summed E-state index contributed by atoms with van der Waals surface area (Å²) in [5.41, 5.74) is 0.192. The fourth-order valence-electron chi connectivity index (χ4n) is 1.96. The molecular formula is C13H22N2O3S. The quantitative estimate of drug-likeness (QED) is 0.837. The maximum atomic E-state index is 12.3. The molecule has 1 aromatic rings. The lowest BCUT2D eigenvalue weighted by Gasteiger charge is -2.23. The summed E-state index contributed by atoms with van der Waals surface area (Å²) in [6.07, 6.45) is 4.45. The maximum absolute atomic E-state index is 12.3. The zero-order valence-corrected chi connectivity index (χ0v) is 12.5.